The number of ether oxygens (including phenoxy) is 3. The number of nitrogens with one attached hydrogen (secondary N) is 2. The highest BCUT2D eigenvalue weighted by Gasteiger charge is 2.18. The second-order valence-corrected chi connectivity index (χ2v) is 8.59. The Balaban J connectivity index is 1.69. The average Bonchev–Trinajstić information content (AvgIpc) is 3.34. The van der Waals surface area contributed by atoms with Crippen LogP contribution in [0.2, 0.25) is 0 Å². The van der Waals surface area contributed by atoms with Crippen molar-refractivity contribution >= 4 is 16.7 Å². The molecule has 0 aliphatic heterocycles. The van der Waals surface area contributed by atoms with Crippen LogP contribution in [0.1, 0.15) is 19.4 Å². The van der Waals surface area contributed by atoms with Gasteiger partial charge in [0.1, 0.15) is 0 Å². The Morgan fingerprint density at radius 3 is 2.25 bits per heavy atom. The molecule has 0 spiro atoms. The lowest BCUT2D eigenvalue weighted by Gasteiger charge is -2.19. The Hall–Kier alpha value is -3.78. The van der Waals surface area contributed by atoms with E-state index in [0.29, 0.717) is 22.9 Å². The molecule has 36 heavy (non-hydrogen) atoms. The van der Waals surface area contributed by atoms with Gasteiger partial charge in [-0.3, -0.25) is 5.10 Å². The van der Waals surface area contributed by atoms with Gasteiger partial charge in [-0.25, -0.2) is 4.98 Å². The summed E-state index contributed by atoms with van der Waals surface area (Å²) in [7, 11) is 4.81. The molecule has 0 unspecified atom stereocenters. The third-order valence-electron chi connectivity index (χ3n) is 6.57. The second kappa shape index (κ2) is 11.3. The average molecular weight is 490 g/mol. The van der Waals surface area contributed by atoms with E-state index in [2.05, 4.69) is 70.4 Å². The van der Waals surface area contributed by atoms with Crippen molar-refractivity contribution in [2.24, 2.45) is 0 Å². The summed E-state index contributed by atoms with van der Waals surface area (Å²) < 4.78 is 16.6. The van der Waals surface area contributed by atoms with E-state index in [9.17, 15) is 0 Å². The van der Waals surface area contributed by atoms with Gasteiger partial charge in [0.15, 0.2) is 17.1 Å². The number of rotatable bonds is 11. The van der Waals surface area contributed by atoms with Gasteiger partial charge in [0.2, 0.25) is 5.75 Å². The van der Waals surface area contributed by atoms with Crippen LogP contribution in [0.15, 0.2) is 42.6 Å². The van der Waals surface area contributed by atoms with Crippen LogP contribution in [0.5, 0.6) is 17.2 Å². The van der Waals surface area contributed by atoms with E-state index >= 15 is 0 Å². The molecule has 0 radical (unpaired) electrons. The van der Waals surface area contributed by atoms with Crippen molar-refractivity contribution in [2.45, 2.75) is 20.8 Å². The number of benzene rings is 2. The van der Waals surface area contributed by atoms with Crippen molar-refractivity contribution in [3.05, 3.63) is 48.2 Å². The summed E-state index contributed by atoms with van der Waals surface area (Å²) in [5.74, 6) is 1.71. The number of hydrogen-bond donors (Lipinski definition) is 2. The van der Waals surface area contributed by atoms with Crippen molar-refractivity contribution in [1.29, 1.82) is 0 Å². The number of hydrogen-bond acceptors (Lipinski definition) is 7. The van der Waals surface area contributed by atoms with Gasteiger partial charge >= 0.3 is 0 Å². The quantitative estimate of drug-likeness (QED) is 0.293. The Labute approximate surface area is 212 Å². The van der Waals surface area contributed by atoms with Crippen molar-refractivity contribution in [2.75, 3.05) is 52.8 Å². The first kappa shape index (κ1) is 25.3. The SMILES string of the molecule is CCN(CC)CCNc1cc(-c2cnc3n[nH]c(-c4cc(OC)c(OC)c(OC)c4)c3c2)ccc1C. The molecule has 2 aromatic carbocycles. The van der Waals surface area contributed by atoms with Crippen LogP contribution in [0, 0.1) is 6.92 Å². The van der Waals surface area contributed by atoms with Gasteiger partial charge in [-0.2, -0.15) is 5.10 Å². The zero-order valence-corrected chi connectivity index (χ0v) is 21.9. The van der Waals surface area contributed by atoms with E-state index in [0.717, 1.165) is 59.6 Å². The van der Waals surface area contributed by atoms with Gasteiger partial charge in [0.25, 0.3) is 0 Å². The summed E-state index contributed by atoms with van der Waals surface area (Å²) in [5.41, 5.74) is 6.82. The maximum absolute atomic E-state index is 5.54. The lowest BCUT2D eigenvalue weighted by Crippen LogP contribution is -2.28. The maximum atomic E-state index is 5.54. The fraction of sp³-hybridized carbons (Fsp3) is 0.357. The van der Waals surface area contributed by atoms with E-state index in [1.165, 1.54) is 5.56 Å². The van der Waals surface area contributed by atoms with Gasteiger partial charge in [0.05, 0.1) is 27.0 Å². The lowest BCUT2D eigenvalue weighted by atomic mass is 10.0. The van der Waals surface area contributed by atoms with Gasteiger partial charge in [-0.05, 0) is 55.4 Å². The topological polar surface area (TPSA) is 84.5 Å². The molecule has 0 atom stereocenters. The normalized spacial score (nSPS) is 11.2. The van der Waals surface area contributed by atoms with E-state index in [1.54, 1.807) is 21.3 Å². The highest BCUT2D eigenvalue weighted by molar-refractivity contribution is 5.94. The first-order chi connectivity index (χ1) is 17.5. The van der Waals surface area contributed by atoms with Gasteiger partial charge in [0, 0.05) is 41.5 Å². The molecule has 4 aromatic rings. The highest BCUT2D eigenvalue weighted by Crippen LogP contribution is 2.42. The van der Waals surface area contributed by atoms with Crippen molar-refractivity contribution < 1.29 is 14.2 Å². The van der Waals surface area contributed by atoms with Crippen LogP contribution in [0.3, 0.4) is 0 Å². The van der Waals surface area contributed by atoms with Crippen molar-refractivity contribution in [1.82, 2.24) is 20.1 Å². The highest BCUT2D eigenvalue weighted by atomic mass is 16.5. The molecule has 0 aliphatic rings. The molecule has 0 saturated carbocycles. The molecule has 0 aliphatic carbocycles. The minimum atomic E-state index is 0.548. The van der Waals surface area contributed by atoms with Crippen LogP contribution >= 0.6 is 0 Å². The molecule has 2 N–H and O–H groups in total. The largest absolute Gasteiger partial charge is 0.493 e. The van der Waals surface area contributed by atoms with Crippen LogP contribution < -0.4 is 19.5 Å². The minimum Gasteiger partial charge on any atom is -0.493 e. The van der Waals surface area contributed by atoms with E-state index in [4.69, 9.17) is 14.2 Å². The van der Waals surface area contributed by atoms with Crippen LogP contribution in [0.4, 0.5) is 5.69 Å². The van der Waals surface area contributed by atoms with Crippen LogP contribution in [0.25, 0.3) is 33.4 Å². The number of aryl methyl sites for hydroxylation is 1. The van der Waals surface area contributed by atoms with Crippen molar-refractivity contribution in [3.8, 4) is 39.6 Å². The molecular weight excluding hydrogens is 454 g/mol. The molecular formula is C28H35N5O3. The number of pyridine rings is 1. The molecule has 190 valence electrons. The Morgan fingerprint density at radius 2 is 1.61 bits per heavy atom. The molecule has 2 heterocycles. The van der Waals surface area contributed by atoms with Gasteiger partial charge in [-0.15, -0.1) is 0 Å². The number of nitrogens with zero attached hydrogens (tertiary/aromatic N) is 3. The number of anilines is 1. The summed E-state index contributed by atoms with van der Waals surface area (Å²) in [6, 6.07) is 12.4. The summed E-state index contributed by atoms with van der Waals surface area (Å²) in [4.78, 5) is 7.04. The third-order valence-corrected chi connectivity index (χ3v) is 6.57. The number of H-pyrrole nitrogens is 1. The van der Waals surface area contributed by atoms with E-state index in [1.807, 2.05) is 18.3 Å². The number of likely N-dealkylation sites (N-methyl/N-ethyl adjacent to an activating group) is 1. The second-order valence-electron chi connectivity index (χ2n) is 8.59. The van der Waals surface area contributed by atoms with Crippen LogP contribution in [-0.2, 0) is 0 Å². The van der Waals surface area contributed by atoms with Gasteiger partial charge in [-0.1, -0.05) is 26.0 Å². The fourth-order valence-electron chi connectivity index (χ4n) is 4.38. The first-order valence-electron chi connectivity index (χ1n) is 12.2. The molecule has 4 rings (SSSR count). The Bertz CT molecular complexity index is 1310. The van der Waals surface area contributed by atoms with E-state index in [-0.39, 0.29) is 0 Å². The van der Waals surface area contributed by atoms with E-state index < -0.39 is 0 Å². The smallest absolute Gasteiger partial charge is 0.203 e. The number of aromatic nitrogens is 3. The molecule has 2 aromatic heterocycles. The standard InChI is InChI=1S/C28H35N5O3/c1-7-33(8-2)12-11-29-23-14-19(10-9-18(23)3)21-13-22-26(31-32-28(22)30-17-21)20-15-24(34-4)27(36-6)25(16-20)35-5/h9-10,13-17,29H,7-8,11-12H2,1-6H3,(H,30,31,32). The predicted molar refractivity (Wildman–Crippen MR) is 145 cm³/mol. The molecule has 0 saturated heterocycles. The van der Waals surface area contributed by atoms with Crippen LogP contribution in [-0.4, -0.2) is 67.6 Å². The number of methoxy groups -OCH3 is 3. The third kappa shape index (κ3) is 5.09. The monoisotopic (exact) mass is 489 g/mol. The first-order valence-corrected chi connectivity index (χ1v) is 12.2. The number of aromatic amines is 1. The minimum absolute atomic E-state index is 0.548. The summed E-state index contributed by atoms with van der Waals surface area (Å²) in [6.07, 6.45) is 1.87. The summed E-state index contributed by atoms with van der Waals surface area (Å²) >= 11 is 0. The molecule has 0 bridgehead atoms. The number of fused-ring (bicyclic) bond motifs is 1. The summed E-state index contributed by atoms with van der Waals surface area (Å²) in [5, 5.41) is 12.1. The lowest BCUT2D eigenvalue weighted by molar-refractivity contribution is 0.316. The summed E-state index contributed by atoms with van der Waals surface area (Å²) in [6.45, 7) is 10.5. The Morgan fingerprint density at radius 1 is 0.889 bits per heavy atom. The maximum Gasteiger partial charge on any atom is 0.203 e. The predicted octanol–water partition coefficient (Wildman–Crippen LogP) is 5.38. The zero-order chi connectivity index (χ0) is 25.7. The molecule has 0 fully saturated rings. The molecule has 8 nitrogen and oxygen atoms in total. The molecule has 8 heteroatoms. The van der Waals surface area contributed by atoms with Crippen molar-refractivity contribution in [3.63, 3.8) is 0 Å². The Kier molecular flexibility index (Phi) is 7.95. The molecule has 0 amide bonds. The fourth-order valence-corrected chi connectivity index (χ4v) is 4.38. The zero-order valence-electron chi connectivity index (χ0n) is 21.9. The van der Waals surface area contributed by atoms with Gasteiger partial charge < -0.3 is 24.4 Å².